The monoisotopic (exact) mass is 213 g/mol. The molecule has 1 unspecified atom stereocenters. The Morgan fingerprint density at radius 2 is 1.81 bits per heavy atom. The summed E-state index contributed by atoms with van der Waals surface area (Å²) in [5.41, 5.74) is 9.62. The quantitative estimate of drug-likeness (QED) is 0.831. The van der Waals surface area contributed by atoms with Gasteiger partial charge in [-0.05, 0) is 31.0 Å². The highest BCUT2D eigenvalue weighted by molar-refractivity contribution is 5.35. The summed E-state index contributed by atoms with van der Waals surface area (Å²) in [4.78, 5) is 8.38. The summed E-state index contributed by atoms with van der Waals surface area (Å²) in [6, 6.07) is 7.79. The van der Waals surface area contributed by atoms with Crippen LogP contribution in [0.25, 0.3) is 0 Å². The van der Waals surface area contributed by atoms with Gasteiger partial charge in [-0.2, -0.15) is 0 Å². The molecule has 16 heavy (non-hydrogen) atoms. The first-order chi connectivity index (χ1) is 7.68. The lowest BCUT2D eigenvalue weighted by molar-refractivity contribution is 0.774. The molecule has 0 saturated heterocycles. The van der Waals surface area contributed by atoms with E-state index in [9.17, 15) is 0 Å². The number of aromatic nitrogens is 2. The van der Waals surface area contributed by atoms with Crippen LogP contribution >= 0.6 is 0 Å². The van der Waals surface area contributed by atoms with Gasteiger partial charge in [0, 0.05) is 12.4 Å². The van der Waals surface area contributed by atoms with Crippen molar-refractivity contribution < 1.29 is 0 Å². The van der Waals surface area contributed by atoms with Crippen LogP contribution in [0.4, 0.5) is 0 Å². The Morgan fingerprint density at radius 1 is 1.12 bits per heavy atom. The lowest BCUT2D eigenvalue weighted by Crippen LogP contribution is -2.16. The molecular weight excluding hydrogens is 198 g/mol. The molecule has 0 amide bonds. The van der Waals surface area contributed by atoms with E-state index in [2.05, 4.69) is 42.0 Å². The van der Waals surface area contributed by atoms with Crippen molar-refractivity contribution in [1.82, 2.24) is 9.97 Å². The first kappa shape index (κ1) is 10.8. The maximum absolute atomic E-state index is 6.16. The Hall–Kier alpha value is -1.74. The largest absolute Gasteiger partial charge is 0.318 e. The van der Waals surface area contributed by atoms with E-state index in [1.807, 2.05) is 0 Å². The summed E-state index contributed by atoms with van der Waals surface area (Å²) in [5, 5.41) is 0. The molecule has 0 saturated carbocycles. The van der Waals surface area contributed by atoms with Gasteiger partial charge >= 0.3 is 0 Å². The predicted octanol–water partition coefficient (Wildman–Crippen LogP) is 2.14. The van der Waals surface area contributed by atoms with Crippen molar-refractivity contribution in [1.29, 1.82) is 0 Å². The molecule has 1 aromatic carbocycles. The highest BCUT2D eigenvalue weighted by Crippen LogP contribution is 2.20. The number of nitrogens with two attached hydrogens (primary N) is 1. The molecule has 1 atom stereocenters. The Bertz CT molecular complexity index is 480. The lowest BCUT2D eigenvalue weighted by atomic mass is 9.99. The second-order valence-electron chi connectivity index (χ2n) is 3.94. The van der Waals surface area contributed by atoms with Crippen molar-refractivity contribution in [2.75, 3.05) is 0 Å². The van der Waals surface area contributed by atoms with Gasteiger partial charge in [-0.1, -0.05) is 23.8 Å². The van der Waals surface area contributed by atoms with Crippen molar-refractivity contribution >= 4 is 0 Å². The third kappa shape index (κ3) is 2.09. The standard InChI is InChI=1S/C13H15N3/c1-9-4-5-10(2)11(8-9)12(14)13-15-6-3-7-16-13/h3-8,12H,14H2,1-2H3. The second-order valence-corrected chi connectivity index (χ2v) is 3.94. The van der Waals surface area contributed by atoms with Gasteiger partial charge in [-0.15, -0.1) is 0 Å². The van der Waals surface area contributed by atoms with Gasteiger partial charge in [0.2, 0.25) is 0 Å². The Morgan fingerprint density at radius 3 is 2.50 bits per heavy atom. The van der Waals surface area contributed by atoms with Crippen LogP contribution in [0.1, 0.15) is 28.6 Å². The van der Waals surface area contributed by atoms with Gasteiger partial charge in [0.05, 0.1) is 6.04 Å². The summed E-state index contributed by atoms with van der Waals surface area (Å²) in [6.07, 6.45) is 3.43. The molecule has 0 aliphatic carbocycles. The Balaban J connectivity index is 2.41. The number of rotatable bonds is 2. The zero-order valence-corrected chi connectivity index (χ0v) is 9.51. The minimum absolute atomic E-state index is 0.249. The Labute approximate surface area is 95.4 Å². The summed E-state index contributed by atoms with van der Waals surface area (Å²) in [6.45, 7) is 4.11. The van der Waals surface area contributed by atoms with Crippen molar-refractivity contribution in [2.45, 2.75) is 19.9 Å². The number of hydrogen-bond acceptors (Lipinski definition) is 3. The highest BCUT2D eigenvalue weighted by Gasteiger charge is 2.13. The smallest absolute Gasteiger partial charge is 0.149 e. The van der Waals surface area contributed by atoms with Gasteiger partial charge in [0.25, 0.3) is 0 Å². The average Bonchev–Trinajstić information content (AvgIpc) is 2.32. The van der Waals surface area contributed by atoms with E-state index in [-0.39, 0.29) is 6.04 Å². The minimum Gasteiger partial charge on any atom is -0.318 e. The van der Waals surface area contributed by atoms with E-state index in [1.165, 1.54) is 11.1 Å². The normalized spacial score (nSPS) is 12.4. The first-order valence-electron chi connectivity index (χ1n) is 5.28. The topological polar surface area (TPSA) is 51.8 Å². The predicted molar refractivity (Wildman–Crippen MR) is 64.0 cm³/mol. The molecule has 3 nitrogen and oxygen atoms in total. The molecule has 1 heterocycles. The zero-order valence-electron chi connectivity index (χ0n) is 9.51. The van der Waals surface area contributed by atoms with Crippen LogP contribution in [0.2, 0.25) is 0 Å². The SMILES string of the molecule is Cc1ccc(C)c(C(N)c2ncccn2)c1. The third-order valence-electron chi connectivity index (χ3n) is 2.63. The summed E-state index contributed by atoms with van der Waals surface area (Å²) in [5.74, 6) is 0.663. The molecule has 1 aromatic heterocycles. The number of benzene rings is 1. The van der Waals surface area contributed by atoms with E-state index < -0.39 is 0 Å². The van der Waals surface area contributed by atoms with Crippen molar-refractivity contribution in [2.24, 2.45) is 5.73 Å². The van der Waals surface area contributed by atoms with Crippen molar-refractivity contribution in [3.8, 4) is 0 Å². The summed E-state index contributed by atoms with van der Waals surface area (Å²) >= 11 is 0. The third-order valence-corrected chi connectivity index (χ3v) is 2.63. The maximum Gasteiger partial charge on any atom is 0.149 e. The molecule has 0 bridgehead atoms. The molecule has 0 aliphatic heterocycles. The van der Waals surface area contributed by atoms with Gasteiger partial charge in [-0.3, -0.25) is 0 Å². The molecular formula is C13H15N3. The minimum atomic E-state index is -0.249. The molecule has 0 radical (unpaired) electrons. The van der Waals surface area contributed by atoms with E-state index >= 15 is 0 Å². The molecule has 2 aromatic rings. The van der Waals surface area contributed by atoms with Crippen LogP contribution in [-0.4, -0.2) is 9.97 Å². The summed E-state index contributed by atoms with van der Waals surface area (Å²) in [7, 11) is 0. The molecule has 2 N–H and O–H groups in total. The van der Waals surface area contributed by atoms with E-state index in [4.69, 9.17) is 5.73 Å². The van der Waals surface area contributed by atoms with Gasteiger partial charge in [0.1, 0.15) is 5.82 Å². The van der Waals surface area contributed by atoms with Gasteiger partial charge in [0.15, 0.2) is 0 Å². The van der Waals surface area contributed by atoms with Crippen LogP contribution in [0, 0.1) is 13.8 Å². The van der Waals surface area contributed by atoms with Gasteiger partial charge in [-0.25, -0.2) is 9.97 Å². The number of nitrogens with zero attached hydrogens (tertiary/aromatic N) is 2. The van der Waals surface area contributed by atoms with E-state index in [0.717, 1.165) is 5.56 Å². The average molecular weight is 213 g/mol. The molecule has 0 spiro atoms. The molecule has 2 rings (SSSR count). The van der Waals surface area contributed by atoms with Crippen molar-refractivity contribution in [3.63, 3.8) is 0 Å². The molecule has 82 valence electrons. The van der Waals surface area contributed by atoms with Crippen LogP contribution in [0.5, 0.6) is 0 Å². The maximum atomic E-state index is 6.16. The Kier molecular flexibility index (Phi) is 2.97. The lowest BCUT2D eigenvalue weighted by Gasteiger charge is -2.13. The highest BCUT2D eigenvalue weighted by atomic mass is 14.9. The second kappa shape index (κ2) is 4.41. The van der Waals surface area contributed by atoms with Crippen LogP contribution < -0.4 is 5.73 Å². The van der Waals surface area contributed by atoms with Crippen LogP contribution in [0.15, 0.2) is 36.7 Å². The zero-order chi connectivity index (χ0) is 11.5. The fraction of sp³-hybridized carbons (Fsp3) is 0.231. The fourth-order valence-electron chi connectivity index (χ4n) is 1.71. The van der Waals surface area contributed by atoms with Crippen LogP contribution in [-0.2, 0) is 0 Å². The van der Waals surface area contributed by atoms with Crippen LogP contribution in [0.3, 0.4) is 0 Å². The number of hydrogen-bond donors (Lipinski definition) is 1. The van der Waals surface area contributed by atoms with E-state index in [0.29, 0.717) is 5.82 Å². The number of aryl methyl sites for hydroxylation is 2. The summed E-state index contributed by atoms with van der Waals surface area (Å²) < 4.78 is 0. The van der Waals surface area contributed by atoms with Crippen molar-refractivity contribution in [3.05, 3.63) is 59.2 Å². The first-order valence-corrected chi connectivity index (χ1v) is 5.28. The van der Waals surface area contributed by atoms with Gasteiger partial charge < -0.3 is 5.73 Å². The molecule has 0 fully saturated rings. The fourth-order valence-corrected chi connectivity index (χ4v) is 1.71. The molecule has 3 heteroatoms. The molecule has 0 aliphatic rings. The van der Waals surface area contributed by atoms with E-state index in [1.54, 1.807) is 18.5 Å².